The lowest BCUT2D eigenvalue weighted by atomic mass is 9.85. The van der Waals surface area contributed by atoms with Gasteiger partial charge < -0.3 is 9.80 Å². The van der Waals surface area contributed by atoms with Crippen LogP contribution in [0.5, 0.6) is 0 Å². The molecule has 2 saturated heterocycles. The van der Waals surface area contributed by atoms with Crippen molar-refractivity contribution in [3.63, 3.8) is 0 Å². The van der Waals surface area contributed by atoms with Crippen LogP contribution in [0.25, 0.3) is 0 Å². The van der Waals surface area contributed by atoms with Gasteiger partial charge in [-0.25, -0.2) is 4.39 Å². The molecule has 1 aromatic rings. The largest absolute Gasteiger partial charge is 0.342 e. The van der Waals surface area contributed by atoms with Crippen LogP contribution in [0.1, 0.15) is 25.8 Å². The zero-order chi connectivity index (χ0) is 18.0. The van der Waals surface area contributed by atoms with Gasteiger partial charge in [-0.15, -0.1) is 0 Å². The monoisotopic (exact) mass is 347 g/mol. The first kappa shape index (κ1) is 17.9. The van der Waals surface area contributed by atoms with Gasteiger partial charge in [0.25, 0.3) is 0 Å². The van der Waals surface area contributed by atoms with E-state index in [9.17, 15) is 14.0 Å². The molecule has 0 unspecified atom stereocenters. The molecule has 0 aliphatic carbocycles. The van der Waals surface area contributed by atoms with Crippen molar-refractivity contribution in [2.45, 2.75) is 26.8 Å². The van der Waals surface area contributed by atoms with E-state index in [0.717, 1.165) is 18.7 Å². The van der Waals surface area contributed by atoms with Gasteiger partial charge in [-0.3, -0.25) is 14.5 Å². The van der Waals surface area contributed by atoms with Crippen molar-refractivity contribution in [3.05, 3.63) is 35.6 Å². The zero-order valence-electron chi connectivity index (χ0n) is 15.0. The Morgan fingerprint density at radius 2 is 1.88 bits per heavy atom. The lowest BCUT2D eigenvalue weighted by molar-refractivity contribution is -0.130. The molecule has 0 radical (unpaired) electrons. The number of nitrogens with zero attached hydrogens (tertiary/aromatic N) is 3. The number of hydrogen-bond acceptors (Lipinski definition) is 3. The lowest BCUT2D eigenvalue weighted by Crippen LogP contribution is -2.43. The minimum absolute atomic E-state index is 0.0606. The summed E-state index contributed by atoms with van der Waals surface area (Å²) in [5.74, 6) is -0.00106. The number of rotatable bonds is 3. The minimum atomic E-state index is -0.237. The molecular formula is C19H26FN3O2. The molecule has 2 aliphatic rings. The van der Waals surface area contributed by atoms with Crippen molar-refractivity contribution in [1.29, 1.82) is 0 Å². The molecule has 0 saturated carbocycles. The smallest absolute Gasteiger partial charge is 0.223 e. The van der Waals surface area contributed by atoms with E-state index in [4.69, 9.17) is 0 Å². The Labute approximate surface area is 148 Å². The highest BCUT2D eigenvalue weighted by atomic mass is 19.1. The molecule has 1 atom stereocenters. The van der Waals surface area contributed by atoms with E-state index in [-0.39, 0.29) is 23.0 Å². The third-order valence-corrected chi connectivity index (χ3v) is 5.32. The molecule has 25 heavy (non-hydrogen) atoms. The van der Waals surface area contributed by atoms with Gasteiger partial charge in [-0.2, -0.15) is 0 Å². The second kappa shape index (κ2) is 7.12. The first-order valence-corrected chi connectivity index (χ1v) is 8.91. The molecule has 2 heterocycles. The van der Waals surface area contributed by atoms with Gasteiger partial charge >= 0.3 is 0 Å². The van der Waals surface area contributed by atoms with Crippen molar-refractivity contribution in [2.24, 2.45) is 5.41 Å². The van der Waals surface area contributed by atoms with Gasteiger partial charge in [-0.05, 0) is 24.6 Å². The third kappa shape index (κ3) is 4.00. The highest BCUT2D eigenvalue weighted by molar-refractivity contribution is 5.80. The van der Waals surface area contributed by atoms with Crippen LogP contribution in [0, 0.1) is 11.2 Å². The van der Waals surface area contributed by atoms with Gasteiger partial charge in [0.15, 0.2) is 0 Å². The van der Waals surface area contributed by atoms with Crippen LogP contribution in [0.15, 0.2) is 24.3 Å². The Morgan fingerprint density at radius 1 is 1.16 bits per heavy atom. The Kier molecular flexibility index (Phi) is 5.08. The molecule has 6 heteroatoms. The van der Waals surface area contributed by atoms with Crippen molar-refractivity contribution in [1.82, 2.24) is 14.7 Å². The molecule has 136 valence electrons. The van der Waals surface area contributed by atoms with Crippen molar-refractivity contribution >= 4 is 11.8 Å². The normalized spacial score (nSPS) is 24.8. The van der Waals surface area contributed by atoms with Crippen LogP contribution in [-0.2, 0) is 16.1 Å². The van der Waals surface area contributed by atoms with E-state index in [1.807, 2.05) is 16.7 Å². The van der Waals surface area contributed by atoms with Gasteiger partial charge in [0, 0.05) is 64.6 Å². The van der Waals surface area contributed by atoms with Crippen molar-refractivity contribution < 1.29 is 14.0 Å². The summed E-state index contributed by atoms with van der Waals surface area (Å²) in [4.78, 5) is 30.4. The van der Waals surface area contributed by atoms with Crippen LogP contribution >= 0.6 is 0 Å². The summed E-state index contributed by atoms with van der Waals surface area (Å²) in [6, 6.07) is 6.55. The number of hydrogen-bond donors (Lipinski definition) is 0. The second-order valence-electron chi connectivity index (χ2n) is 7.36. The van der Waals surface area contributed by atoms with E-state index in [0.29, 0.717) is 39.1 Å². The average molecular weight is 347 g/mol. The fourth-order valence-corrected chi connectivity index (χ4v) is 4.08. The number of amides is 2. The molecule has 5 nitrogen and oxygen atoms in total. The minimum Gasteiger partial charge on any atom is -0.342 e. The van der Waals surface area contributed by atoms with Gasteiger partial charge in [0.05, 0.1) is 0 Å². The summed E-state index contributed by atoms with van der Waals surface area (Å²) in [6.45, 7) is 8.53. The molecule has 3 rings (SSSR count). The van der Waals surface area contributed by atoms with Crippen LogP contribution in [0.3, 0.4) is 0 Å². The summed E-state index contributed by atoms with van der Waals surface area (Å²) in [5.41, 5.74) is 0.833. The predicted molar refractivity (Wildman–Crippen MR) is 93.2 cm³/mol. The maximum absolute atomic E-state index is 13.1. The third-order valence-electron chi connectivity index (χ3n) is 5.32. The summed E-state index contributed by atoms with van der Waals surface area (Å²) >= 11 is 0. The van der Waals surface area contributed by atoms with Crippen LogP contribution < -0.4 is 0 Å². The van der Waals surface area contributed by atoms with Crippen molar-refractivity contribution in [3.8, 4) is 0 Å². The molecule has 0 bridgehead atoms. The second-order valence-corrected chi connectivity index (χ2v) is 7.36. The number of halogens is 1. The maximum atomic E-state index is 13.1. The fraction of sp³-hybridized carbons (Fsp3) is 0.579. The molecular weight excluding hydrogens is 321 g/mol. The fourth-order valence-electron chi connectivity index (χ4n) is 4.08. The standard InChI is InChI=1S/C19H26FN3O2/c1-3-22-13-19(10-18(22)25)12-21(8-9-23(14-19)15(2)24)11-16-4-6-17(20)7-5-16/h4-7H,3,8-14H2,1-2H3/t19-/m1/s1. The Bertz CT molecular complexity index is 649. The molecule has 2 fully saturated rings. The highest BCUT2D eigenvalue weighted by Gasteiger charge is 2.46. The number of carbonyl (C=O) groups excluding carboxylic acids is 2. The SMILES string of the molecule is CCN1C[C@@]2(CC1=O)CN(Cc1ccc(F)cc1)CCN(C(C)=O)C2. The number of likely N-dealkylation sites (tertiary alicyclic amines) is 1. The maximum Gasteiger partial charge on any atom is 0.223 e. The van der Waals surface area contributed by atoms with Gasteiger partial charge in [0.2, 0.25) is 11.8 Å². The molecule has 2 amide bonds. The Balaban J connectivity index is 1.80. The van der Waals surface area contributed by atoms with Crippen molar-refractivity contribution in [2.75, 3.05) is 39.3 Å². The molecule has 0 N–H and O–H groups in total. The first-order chi connectivity index (χ1) is 11.9. The Morgan fingerprint density at radius 3 is 2.48 bits per heavy atom. The lowest BCUT2D eigenvalue weighted by Gasteiger charge is -2.33. The van der Waals surface area contributed by atoms with Gasteiger partial charge in [0.1, 0.15) is 5.82 Å². The summed E-state index contributed by atoms with van der Waals surface area (Å²) < 4.78 is 13.1. The topological polar surface area (TPSA) is 43.9 Å². The van der Waals surface area contributed by atoms with E-state index in [1.165, 1.54) is 12.1 Å². The van der Waals surface area contributed by atoms with E-state index < -0.39 is 0 Å². The quantitative estimate of drug-likeness (QED) is 0.836. The first-order valence-electron chi connectivity index (χ1n) is 8.91. The van der Waals surface area contributed by atoms with E-state index in [1.54, 1.807) is 19.1 Å². The number of carbonyl (C=O) groups is 2. The summed E-state index contributed by atoms with van der Waals surface area (Å²) in [7, 11) is 0. The van der Waals surface area contributed by atoms with Crippen LogP contribution in [0.2, 0.25) is 0 Å². The predicted octanol–water partition coefficient (Wildman–Crippen LogP) is 1.73. The molecule has 1 aromatic carbocycles. The molecule has 0 aromatic heterocycles. The molecule has 1 spiro atoms. The highest BCUT2D eigenvalue weighted by Crippen LogP contribution is 2.35. The van der Waals surface area contributed by atoms with E-state index in [2.05, 4.69) is 4.90 Å². The Hall–Kier alpha value is -1.95. The van der Waals surface area contributed by atoms with E-state index >= 15 is 0 Å². The zero-order valence-corrected chi connectivity index (χ0v) is 15.0. The average Bonchev–Trinajstić information content (AvgIpc) is 2.76. The number of benzene rings is 1. The summed E-state index contributed by atoms with van der Waals surface area (Å²) in [5, 5.41) is 0. The van der Waals surface area contributed by atoms with Gasteiger partial charge in [-0.1, -0.05) is 12.1 Å². The molecule has 2 aliphatic heterocycles. The summed E-state index contributed by atoms with van der Waals surface area (Å²) in [6.07, 6.45) is 0.491. The van der Waals surface area contributed by atoms with Crippen LogP contribution in [-0.4, -0.2) is 65.8 Å². The van der Waals surface area contributed by atoms with Crippen LogP contribution in [0.4, 0.5) is 4.39 Å².